The minimum absolute atomic E-state index is 0.709. The fourth-order valence-electron chi connectivity index (χ4n) is 2.05. The van der Waals surface area contributed by atoms with E-state index >= 15 is 0 Å². The number of rotatable bonds is 3. The second kappa shape index (κ2) is 4.57. The predicted molar refractivity (Wildman–Crippen MR) is 57.5 cm³/mol. The van der Waals surface area contributed by atoms with E-state index in [0.717, 1.165) is 19.0 Å². The first-order valence-corrected chi connectivity index (χ1v) is 5.40. The first-order valence-electron chi connectivity index (χ1n) is 5.40. The van der Waals surface area contributed by atoms with Crippen molar-refractivity contribution in [1.29, 1.82) is 0 Å². The van der Waals surface area contributed by atoms with Crippen molar-refractivity contribution >= 4 is 5.95 Å². The molecule has 0 saturated carbocycles. The maximum atomic E-state index is 3.90. The van der Waals surface area contributed by atoms with Gasteiger partial charge in [0.2, 0.25) is 5.95 Å². The van der Waals surface area contributed by atoms with Gasteiger partial charge in [-0.05, 0) is 42.8 Å². The van der Waals surface area contributed by atoms with E-state index in [0.29, 0.717) is 5.92 Å². The molecule has 6 nitrogen and oxygen atoms in total. The molecule has 1 atom stereocenters. The summed E-state index contributed by atoms with van der Waals surface area (Å²) in [7, 11) is 4.02. The van der Waals surface area contributed by atoms with Crippen LogP contribution in [0.4, 0.5) is 5.95 Å². The molecule has 0 spiro atoms. The van der Waals surface area contributed by atoms with E-state index in [1.807, 2.05) is 7.05 Å². The molecule has 0 radical (unpaired) electrons. The van der Waals surface area contributed by atoms with Gasteiger partial charge in [0.25, 0.3) is 0 Å². The maximum absolute atomic E-state index is 3.90. The number of hydrogen-bond acceptors (Lipinski definition) is 5. The largest absolute Gasteiger partial charge is 0.353 e. The zero-order valence-electron chi connectivity index (χ0n) is 9.35. The Bertz CT molecular complexity index is 309. The minimum atomic E-state index is 0.709. The minimum Gasteiger partial charge on any atom is -0.353 e. The third kappa shape index (κ3) is 2.65. The number of aryl methyl sites for hydroxylation is 1. The Hall–Kier alpha value is -1.17. The van der Waals surface area contributed by atoms with Gasteiger partial charge in [0.05, 0.1) is 0 Å². The third-order valence-corrected chi connectivity index (χ3v) is 2.89. The van der Waals surface area contributed by atoms with Crippen LogP contribution in [0.15, 0.2) is 0 Å². The number of nitrogens with zero attached hydrogens (tertiary/aromatic N) is 5. The molecule has 1 aliphatic rings. The highest BCUT2D eigenvalue weighted by Gasteiger charge is 2.17. The second-order valence-electron chi connectivity index (χ2n) is 4.28. The van der Waals surface area contributed by atoms with E-state index in [1.165, 1.54) is 19.4 Å². The Kier molecular flexibility index (Phi) is 3.15. The van der Waals surface area contributed by atoms with Gasteiger partial charge >= 0.3 is 0 Å². The molecule has 0 aromatic carbocycles. The molecular weight excluding hydrogens is 192 g/mol. The summed E-state index contributed by atoms with van der Waals surface area (Å²) in [6.07, 6.45) is 2.59. The number of likely N-dealkylation sites (tertiary alicyclic amines) is 1. The van der Waals surface area contributed by atoms with Crippen LogP contribution >= 0.6 is 0 Å². The van der Waals surface area contributed by atoms with Gasteiger partial charge in [0.1, 0.15) is 0 Å². The van der Waals surface area contributed by atoms with Crippen molar-refractivity contribution in [2.75, 3.05) is 32.0 Å². The van der Waals surface area contributed by atoms with Gasteiger partial charge in [-0.2, -0.15) is 0 Å². The van der Waals surface area contributed by atoms with Crippen LogP contribution in [0.1, 0.15) is 12.8 Å². The summed E-state index contributed by atoms with van der Waals surface area (Å²) >= 11 is 0. The summed E-state index contributed by atoms with van der Waals surface area (Å²) in [6.45, 7) is 3.35. The lowest BCUT2D eigenvalue weighted by atomic mass is 9.99. The average Bonchev–Trinajstić information content (AvgIpc) is 2.61. The van der Waals surface area contributed by atoms with Crippen molar-refractivity contribution in [1.82, 2.24) is 25.1 Å². The van der Waals surface area contributed by atoms with E-state index in [4.69, 9.17) is 0 Å². The average molecular weight is 210 g/mol. The highest BCUT2D eigenvalue weighted by molar-refractivity contribution is 5.20. The molecule has 1 aromatic rings. The van der Waals surface area contributed by atoms with Crippen LogP contribution in [0, 0.1) is 5.92 Å². The molecule has 2 heterocycles. The molecule has 1 fully saturated rings. The summed E-state index contributed by atoms with van der Waals surface area (Å²) in [4.78, 5) is 2.38. The Morgan fingerprint density at radius 3 is 3.00 bits per heavy atom. The quantitative estimate of drug-likeness (QED) is 0.759. The Morgan fingerprint density at radius 2 is 2.33 bits per heavy atom. The topological polar surface area (TPSA) is 58.9 Å². The number of tetrazole rings is 1. The molecule has 1 saturated heterocycles. The Labute approximate surface area is 89.6 Å². The zero-order valence-corrected chi connectivity index (χ0v) is 9.35. The van der Waals surface area contributed by atoms with Crippen molar-refractivity contribution in [2.24, 2.45) is 13.0 Å². The monoisotopic (exact) mass is 210 g/mol. The van der Waals surface area contributed by atoms with Crippen molar-refractivity contribution in [3.8, 4) is 0 Å². The smallest absolute Gasteiger partial charge is 0.242 e. The second-order valence-corrected chi connectivity index (χ2v) is 4.28. The van der Waals surface area contributed by atoms with Crippen LogP contribution in [0.2, 0.25) is 0 Å². The maximum Gasteiger partial charge on any atom is 0.242 e. The molecule has 0 amide bonds. The molecule has 15 heavy (non-hydrogen) atoms. The van der Waals surface area contributed by atoms with Crippen LogP contribution in [0.5, 0.6) is 0 Å². The van der Waals surface area contributed by atoms with Gasteiger partial charge in [-0.3, -0.25) is 0 Å². The lowest BCUT2D eigenvalue weighted by molar-refractivity contribution is 0.217. The van der Waals surface area contributed by atoms with Crippen molar-refractivity contribution < 1.29 is 0 Å². The predicted octanol–water partition coefficient (Wildman–Crippen LogP) is -0.0362. The van der Waals surface area contributed by atoms with Crippen LogP contribution in [-0.4, -0.2) is 51.8 Å². The van der Waals surface area contributed by atoms with Gasteiger partial charge in [-0.15, -0.1) is 0 Å². The van der Waals surface area contributed by atoms with Crippen LogP contribution in [0.3, 0.4) is 0 Å². The fraction of sp³-hybridized carbons (Fsp3) is 0.889. The van der Waals surface area contributed by atoms with E-state index in [-0.39, 0.29) is 0 Å². The SMILES string of the molecule is CN1CCCC(CNc2nnnn2C)C1. The fourth-order valence-corrected chi connectivity index (χ4v) is 2.05. The molecule has 0 bridgehead atoms. The summed E-state index contributed by atoms with van der Waals surface area (Å²) in [5.74, 6) is 1.46. The summed E-state index contributed by atoms with van der Waals surface area (Å²) in [6, 6.07) is 0. The van der Waals surface area contributed by atoms with Gasteiger partial charge in [-0.1, -0.05) is 5.10 Å². The first kappa shape index (κ1) is 10.4. The Balaban J connectivity index is 1.80. The van der Waals surface area contributed by atoms with Gasteiger partial charge in [0.15, 0.2) is 0 Å². The normalized spacial score (nSPS) is 22.9. The van der Waals surface area contributed by atoms with Crippen LogP contribution < -0.4 is 5.32 Å². The molecule has 1 N–H and O–H groups in total. The van der Waals surface area contributed by atoms with Crippen molar-refractivity contribution in [3.05, 3.63) is 0 Å². The summed E-state index contributed by atoms with van der Waals surface area (Å²) in [5.41, 5.74) is 0. The molecule has 0 aliphatic carbocycles. The van der Waals surface area contributed by atoms with Crippen molar-refractivity contribution in [2.45, 2.75) is 12.8 Å². The van der Waals surface area contributed by atoms with E-state index in [1.54, 1.807) is 4.68 Å². The summed E-state index contributed by atoms with van der Waals surface area (Å²) < 4.78 is 1.66. The number of hydrogen-bond donors (Lipinski definition) is 1. The lowest BCUT2D eigenvalue weighted by Crippen LogP contribution is -2.35. The lowest BCUT2D eigenvalue weighted by Gasteiger charge is -2.29. The third-order valence-electron chi connectivity index (χ3n) is 2.89. The van der Waals surface area contributed by atoms with Crippen LogP contribution in [-0.2, 0) is 7.05 Å². The molecule has 2 rings (SSSR count). The number of piperidine rings is 1. The van der Waals surface area contributed by atoms with Gasteiger partial charge < -0.3 is 10.2 Å². The van der Waals surface area contributed by atoms with E-state index < -0.39 is 0 Å². The molecule has 1 aliphatic heterocycles. The standard InChI is InChI=1S/C9H18N6/c1-14-5-3-4-8(7-14)6-10-9-11-12-13-15(9)2/h8H,3-7H2,1-2H3,(H,10,11,13). The Morgan fingerprint density at radius 1 is 1.47 bits per heavy atom. The number of anilines is 1. The molecule has 84 valence electrons. The van der Waals surface area contributed by atoms with Crippen molar-refractivity contribution in [3.63, 3.8) is 0 Å². The highest BCUT2D eigenvalue weighted by atomic mass is 15.6. The van der Waals surface area contributed by atoms with Gasteiger partial charge in [0, 0.05) is 20.1 Å². The zero-order chi connectivity index (χ0) is 10.7. The molecule has 1 unspecified atom stereocenters. The van der Waals surface area contributed by atoms with E-state index in [2.05, 4.69) is 32.8 Å². The van der Waals surface area contributed by atoms with Gasteiger partial charge in [-0.25, -0.2) is 4.68 Å². The molecular formula is C9H18N6. The van der Waals surface area contributed by atoms with Crippen LogP contribution in [0.25, 0.3) is 0 Å². The molecule has 6 heteroatoms. The number of aromatic nitrogens is 4. The first-order chi connectivity index (χ1) is 7.25. The number of nitrogens with one attached hydrogen (secondary N) is 1. The van der Waals surface area contributed by atoms with E-state index in [9.17, 15) is 0 Å². The highest BCUT2D eigenvalue weighted by Crippen LogP contribution is 2.15. The molecule has 1 aromatic heterocycles. The summed E-state index contributed by atoms with van der Waals surface area (Å²) in [5, 5.41) is 14.5.